The summed E-state index contributed by atoms with van der Waals surface area (Å²) >= 11 is 6.22. The molecule has 0 fully saturated rings. The largest absolute Gasteiger partial charge is 0.508 e. The summed E-state index contributed by atoms with van der Waals surface area (Å²) in [6.07, 6.45) is 0. The maximum atomic E-state index is 10.9. The second-order valence-corrected chi connectivity index (χ2v) is 8.34. The molecule has 1 unspecified atom stereocenters. The normalized spacial score (nSPS) is 13.4. The van der Waals surface area contributed by atoms with Crippen molar-refractivity contribution in [3.05, 3.63) is 49.1 Å². The zero-order chi connectivity index (χ0) is 17.1. The van der Waals surface area contributed by atoms with Crippen LogP contribution in [0.3, 0.4) is 0 Å². The van der Waals surface area contributed by atoms with Gasteiger partial charge in [-0.05, 0) is 75.0 Å². The van der Waals surface area contributed by atoms with Gasteiger partial charge in [-0.15, -0.1) is 0 Å². The first-order valence-electron chi connectivity index (χ1n) is 6.38. The summed E-state index contributed by atoms with van der Waals surface area (Å²) in [6.45, 7) is 0. The molecule has 0 aliphatic rings. The monoisotopic (exact) mass is 651 g/mol. The van der Waals surface area contributed by atoms with Crippen LogP contribution in [0.15, 0.2) is 36.4 Å². The molecule has 0 aromatic heterocycles. The second-order valence-electron chi connectivity index (χ2n) is 4.68. The summed E-state index contributed by atoms with van der Waals surface area (Å²) in [5.41, 5.74) is 6.47. The summed E-state index contributed by atoms with van der Waals surface area (Å²) in [6, 6.07) is 9.44. The SMILES string of the molecule is N[C@@H](C(=O)O)C(I)c1ccc(Oc2c(I)cc(O)cc2I)cc1. The van der Waals surface area contributed by atoms with Gasteiger partial charge in [0.1, 0.15) is 17.5 Å². The maximum absolute atomic E-state index is 10.9. The number of nitrogens with two attached hydrogens (primary N) is 1. The number of hydrogen-bond acceptors (Lipinski definition) is 4. The van der Waals surface area contributed by atoms with Crippen LogP contribution in [0.2, 0.25) is 0 Å². The van der Waals surface area contributed by atoms with Crippen LogP contribution in [0.5, 0.6) is 17.2 Å². The topological polar surface area (TPSA) is 92.8 Å². The Bertz CT molecular complexity index is 698. The standard InChI is InChI=1S/C15H12I3NO4/c16-10-5-8(20)6-11(17)14(10)23-9-3-1-7(2-4-9)12(18)13(19)15(21)22/h1-6,12-13,20H,19H2,(H,21,22)/t12?,13-/m1/s1. The average molecular weight is 651 g/mol. The molecule has 0 heterocycles. The number of ether oxygens (including phenoxy) is 1. The van der Waals surface area contributed by atoms with E-state index in [9.17, 15) is 9.90 Å². The molecule has 0 saturated carbocycles. The van der Waals surface area contributed by atoms with Crippen LogP contribution < -0.4 is 10.5 Å². The van der Waals surface area contributed by atoms with E-state index in [-0.39, 0.29) is 9.67 Å². The van der Waals surface area contributed by atoms with Gasteiger partial charge in [0.05, 0.1) is 11.1 Å². The fraction of sp³-hybridized carbons (Fsp3) is 0.133. The van der Waals surface area contributed by atoms with Crippen molar-refractivity contribution in [2.45, 2.75) is 9.97 Å². The lowest BCUT2D eigenvalue weighted by Crippen LogP contribution is -2.33. The summed E-state index contributed by atoms with van der Waals surface area (Å²) < 4.78 is 7.14. The minimum atomic E-state index is -1.03. The van der Waals surface area contributed by atoms with E-state index >= 15 is 0 Å². The first-order chi connectivity index (χ1) is 10.8. The van der Waals surface area contributed by atoms with Gasteiger partial charge in [-0.2, -0.15) is 0 Å². The van der Waals surface area contributed by atoms with Gasteiger partial charge in [-0.3, -0.25) is 4.79 Å². The molecule has 5 nitrogen and oxygen atoms in total. The predicted molar refractivity (Wildman–Crippen MR) is 112 cm³/mol. The van der Waals surface area contributed by atoms with Crippen molar-refractivity contribution in [3.8, 4) is 17.2 Å². The second kappa shape index (κ2) is 8.16. The number of alkyl halides is 1. The summed E-state index contributed by atoms with van der Waals surface area (Å²) in [7, 11) is 0. The molecular weight excluding hydrogens is 639 g/mol. The third-order valence-electron chi connectivity index (χ3n) is 3.00. The number of hydrogen-bond donors (Lipinski definition) is 3. The molecule has 0 spiro atoms. The number of halogens is 3. The Balaban J connectivity index is 2.19. The van der Waals surface area contributed by atoms with Gasteiger partial charge < -0.3 is 20.7 Å². The van der Waals surface area contributed by atoms with E-state index in [2.05, 4.69) is 45.2 Å². The highest BCUT2D eigenvalue weighted by molar-refractivity contribution is 14.1. The third-order valence-corrected chi connectivity index (χ3v) is 6.10. The van der Waals surface area contributed by atoms with Crippen molar-refractivity contribution in [1.29, 1.82) is 0 Å². The van der Waals surface area contributed by atoms with Crippen molar-refractivity contribution in [2.75, 3.05) is 0 Å². The van der Waals surface area contributed by atoms with Crippen LogP contribution in [-0.2, 0) is 4.79 Å². The van der Waals surface area contributed by atoms with Crippen molar-refractivity contribution < 1.29 is 19.7 Å². The molecule has 0 aliphatic carbocycles. The van der Waals surface area contributed by atoms with E-state index in [1.54, 1.807) is 36.4 Å². The Labute approximate surface area is 174 Å². The number of aliphatic carboxylic acids is 1. The van der Waals surface area contributed by atoms with E-state index in [0.717, 1.165) is 12.7 Å². The fourth-order valence-electron chi connectivity index (χ4n) is 1.81. The molecule has 0 amide bonds. The number of carboxylic acids is 1. The number of aromatic hydroxyl groups is 1. The zero-order valence-corrected chi connectivity index (χ0v) is 18.0. The first kappa shape index (κ1) is 19.0. The number of benzene rings is 2. The maximum Gasteiger partial charge on any atom is 0.321 e. The van der Waals surface area contributed by atoms with Crippen LogP contribution in [-0.4, -0.2) is 22.2 Å². The average Bonchev–Trinajstić information content (AvgIpc) is 2.50. The van der Waals surface area contributed by atoms with Crippen LogP contribution in [0.25, 0.3) is 0 Å². The van der Waals surface area contributed by atoms with Crippen molar-refractivity contribution in [1.82, 2.24) is 0 Å². The Hall–Kier alpha value is -0.340. The minimum absolute atomic E-state index is 0.192. The molecule has 4 N–H and O–H groups in total. The summed E-state index contributed by atoms with van der Waals surface area (Å²) in [5, 5.41) is 18.5. The third kappa shape index (κ3) is 4.82. The molecular formula is C15H12I3NO4. The minimum Gasteiger partial charge on any atom is -0.508 e. The molecule has 8 heteroatoms. The molecule has 2 aromatic rings. The Morgan fingerprint density at radius 3 is 2.13 bits per heavy atom. The Kier molecular flexibility index (Phi) is 6.74. The van der Waals surface area contributed by atoms with Crippen LogP contribution in [0.4, 0.5) is 0 Å². The molecule has 2 atom stereocenters. The lowest BCUT2D eigenvalue weighted by molar-refractivity contribution is -0.138. The number of rotatable bonds is 5. The van der Waals surface area contributed by atoms with Gasteiger partial charge in [-0.25, -0.2) is 0 Å². The van der Waals surface area contributed by atoms with Crippen molar-refractivity contribution >= 4 is 73.7 Å². The summed E-state index contributed by atoms with van der Waals surface area (Å²) in [5.74, 6) is 0.461. The number of phenols is 1. The molecule has 23 heavy (non-hydrogen) atoms. The quantitative estimate of drug-likeness (QED) is 0.332. The highest BCUT2D eigenvalue weighted by atomic mass is 127. The van der Waals surface area contributed by atoms with Gasteiger partial charge in [-0.1, -0.05) is 34.7 Å². The molecule has 0 aliphatic heterocycles. The molecule has 2 rings (SSSR count). The lowest BCUT2D eigenvalue weighted by atomic mass is 10.1. The fourth-order valence-corrected chi connectivity index (χ4v) is 4.49. The number of phenolic OH excluding ortho intramolecular Hbond substituents is 1. The highest BCUT2D eigenvalue weighted by Gasteiger charge is 2.23. The highest BCUT2D eigenvalue weighted by Crippen LogP contribution is 2.35. The smallest absolute Gasteiger partial charge is 0.321 e. The van der Waals surface area contributed by atoms with Gasteiger partial charge in [0.15, 0.2) is 5.75 Å². The molecule has 0 bridgehead atoms. The Morgan fingerprint density at radius 1 is 1.13 bits per heavy atom. The van der Waals surface area contributed by atoms with Crippen LogP contribution in [0, 0.1) is 7.14 Å². The summed E-state index contributed by atoms with van der Waals surface area (Å²) in [4.78, 5) is 10.9. The van der Waals surface area contributed by atoms with E-state index in [1.807, 2.05) is 22.6 Å². The number of carboxylic acid groups (broad SMARTS) is 1. The van der Waals surface area contributed by atoms with Gasteiger partial charge in [0, 0.05) is 0 Å². The van der Waals surface area contributed by atoms with Crippen molar-refractivity contribution in [3.63, 3.8) is 0 Å². The molecule has 0 saturated heterocycles. The predicted octanol–water partition coefficient (Wildman–Crippen LogP) is 4.28. The van der Waals surface area contributed by atoms with E-state index in [4.69, 9.17) is 15.6 Å². The van der Waals surface area contributed by atoms with Crippen molar-refractivity contribution in [2.24, 2.45) is 5.73 Å². The lowest BCUT2D eigenvalue weighted by Gasteiger charge is -2.15. The number of carbonyl (C=O) groups is 1. The zero-order valence-electron chi connectivity index (χ0n) is 11.5. The van der Waals surface area contributed by atoms with E-state index < -0.39 is 12.0 Å². The first-order valence-corrected chi connectivity index (χ1v) is 9.78. The van der Waals surface area contributed by atoms with Gasteiger partial charge in [0.25, 0.3) is 0 Å². The molecule has 2 aromatic carbocycles. The Morgan fingerprint density at radius 2 is 1.65 bits per heavy atom. The van der Waals surface area contributed by atoms with Gasteiger partial charge in [0.2, 0.25) is 0 Å². The molecule has 122 valence electrons. The van der Waals surface area contributed by atoms with Crippen LogP contribution >= 0.6 is 67.8 Å². The molecule has 0 radical (unpaired) electrons. The van der Waals surface area contributed by atoms with E-state index in [0.29, 0.717) is 11.5 Å². The van der Waals surface area contributed by atoms with Crippen LogP contribution in [0.1, 0.15) is 9.49 Å². The van der Waals surface area contributed by atoms with E-state index in [1.165, 1.54) is 0 Å². The van der Waals surface area contributed by atoms with Gasteiger partial charge >= 0.3 is 5.97 Å².